The number of aromatic nitrogens is 2. The van der Waals surface area contributed by atoms with E-state index in [1.165, 1.54) is 35.9 Å². The van der Waals surface area contributed by atoms with Gasteiger partial charge in [-0.05, 0) is 31.5 Å². The molecular weight excluding hydrogens is 396 g/mol. The first-order valence-corrected chi connectivity index (χ1v) is 10.5. The van der Waals surface area contributed by atoms with E-state index < -0.39 is 28.0 Å². The van der Waals surface area contributed by atoms with E-state index in [1.807, 2.05) is 0 Å². The summed E-state index contributed by atoms with van der Waals surface area (Å²) in [6, 6.07) is 4.60. The van der Waals surface area contributed by atoms with Gasteiger partial charge in [0, 0.05) is 31.2 Å². The third kappa shape index (κ3) is 5.36. The Morgan fingerprint density at radius 3 is 2.48 bits per heavy atom. The van der Waals surface area contributed by atoms with Gasteiger partial charge in [-0.1, -0.05) is 19.9 Å². The largest absolute Gasteiger partial charge is 0.448 e. The van der Waals surface area contributed by atoms with Gasteiger partial charge in [-0.15, -0.1) is 0 Å². The molecule has 1 aromatic carbocycles. The molecule has 10 heteroatoms. The molecule has 0 radical (unpaired) electrons. The van der Waals surface area contributed by atoms with Crippen molar-refractivity contribution in [3.63, 3.8) is 0 Å². The lowest BCUT2D eigenvalue weighted by molar-refractivity contribution is -0.123. The molecule has 0 spiro atoms. The number of amides is 1. The molecule has 0 aliphatic carbocycles. The smallest absolute Gasteiger partial charge is 0.359 e. The summed E-state index contributed by atoms with van der Waals surface area (Å²) in [5.74, 6) is -1.38. The predicted molar refractivity (Wildman–Crippen MR) is 107 cm³/mol. The van der Waals surface area contributed by atoms with Crippen molar-refractivity contribution in [3.05, 3.63) is 48.0 Å². The fourth-order valence-electron chi connectivity index (χ4n) is 2.58. The van der Waals surface area contributed by atoms with E-state index in [1.54, 1.807) is 32.9 Å². The van der Waals surface area contributed by atoms with E-state index in [0.717, 1.165) is 0 Å². The predicted octanol–water partition coefficient (Wildman–Crippen LogP) is 2.00. The summed E-state index contributed by atoms with van der Waals surface area (Å²) in [7, 11) is -3.68. The third-order valence-corrected chi connectivity index (χ3v) is 6.40. The van der Waals surface area contributed by atoms with Gasteiger partial charge in [0.15, 0.2) is 11.8 Å². The average Bonchev–Trinajstić information content (AvgIpc) is 2.70. The molecule has 0 saturated carbocycles. The maximum Gasteiger partial charge on any atom is 0.359 e. The van der Waals surface area contributed by atoms with Crippen LogP contribution in [0.5, 0.6) is 0 Å². The fourth-order valence-corrected chi connectivity index (χ4v) is 4.29. The van der Waals surface area contributed by atoms with Crippen molar-refractivity contribution in [1.29, 1.82) is 0 Å². The summed E-state index contributed by atoms with van der Waals surface area (Å²) in [6.45, 7) is 7.29. The van der Waals surface area contributed by atoms with Crippen LogP contribution in [0.1, 0.15) is 36.8 Å². The van der Waals surface area contributed by atoms with E-state index in [9.17, 15) is 18.0 Å². The quantitative estimate of drug-likeness (QED) is 0.649. The highest BCUT2D eigenvalue weighted by Gasteiger charge is 2.25. The van der Waals surface area contributed by atoms with Crippen LogP contribution < -0.4 is 5.32 Å². The zero-order valence-electron chi connectivity index (χ0n) is 16.7. The Morgan fingerprint density at radius 1 is 1.21 bits per heavy atom. The Bertz CT molecular complexity index is 975. The Balaban J connectivity index is 2.15. The van der Waals surface area contributed by atoms with Crippen LogP contribution in [0.25, 0.3) is 0 Å². The molecule has 29 heavy (non-hydrogen) atoms. The van der Waals surface area contributed by atoms with E-state index in [2.05, 4.69) is 15.3 Å². The van der Waals surface area contributed by atoms with Gasteiger partial charge in [-0.25, -0.2) is 18.2 Å². The van der Waals surface area contributed by atoms with Crippen molar-refractivity contribution in [1.82, 2.24) is 14.3 Å². The van der Waals surface area contributed by atoms with Gasteiger partial charge >= 0.3 is 5.97 Å². The Morgan fingerprint density at radius 2 is 1.90 bits per heavy atom. The Kier molecular flexibility index (Phi) is 7.40. The lowest BCUT2D eigenvalue weighted by Crippen LogP contribution is -2.32. The zero-order valence-corrected chi connectivity index (χ0v) is 17.6. The average molecular weight is 420 g/mol. The van der Waals surface area contributed by atoms with Crippen LogP contribution in [0.2, 0.25) is 0 Å². The molecule has 2 rings (SSSR count). The standard InChI is InChI=1S/C19H24N4O5S/c1-5-23(6-2)29(26,27)17-11-15(8-7-13(17)3)22-18(24)14(4)28-19(25)16-12-20-9-10-21-16/h7-12,14H,5-6H2,1-4H3,(H,22,24)/t14-/m1/s1. The third-order valence-electron chi connectivity index (χ3n) is 4.20. The molecule has 0 fully saturated rings. The van der Waals surface area contributed by atoms with Crippen LogP contribution >= 0.6 is 0 Å². The number of hydrogen-bond acceptors (Lipinski definition) is 7. The number of sulfonamides is 1. The lowest BCUT2D eigenvalue weighted by Gasteiger charge is -2.20. The number of rotatable bonds is 8. The van der Waals surface area contributed by atoms with Crippen molar-refractivity contribution in [2.24, 2.45) is 0 Å². The van der Waals surface area contributed by atoms with Crippen molar-refractivity contribution < 1.29 is 22.7 Å². The fraction of sp³-hybridized carbons (Fsp3) is 0.368. The second-order valence-electron chi connectivity index (χ2n) is 6.20. The minimum Gasteiger partial charge on any atom is -0.448 e. The molecule has 1 atom stereocenters. The van der Waals surface area contributed by atoms with Gasteiger partial charge in [0.2, 0.25) is 10.0 Å². The van der Waals surface area contributed by atoms with E-state index in [4.69, 9.17) is 4.74 Å². The topological polar surface area (TPSA) is 119 Å². The highest BCUT2D eigenvalue weighted by Crippen LogP contribution is 2.24. The Hall–Kier alpha value is -2.85. The summed E-state index contributed by atoms with van der Waals surface area (Å²) in [5, 5.41) is 2.58. The number of aryl methyl sites for hydroxylation is 1. The summed E-state index contributed by atoms with van der Waals surface area (Å²) >= 11 is 0. The molecule has 0 bridgehead atoms. The molecule has 2 aromatic rings. The summed E-state index contributed by atoms with van der Waals surface area (Å²) in [4.78, 5) is 32.1. The summed E-state index contributed by atoms with van der Waals surface area (Å²) < 4.78 is 32.1. The highest BCUT2D eigenvalue weighted by atomic mass is 32.2. The molecule has 0 saturated heterocycles. The van der Waals surface area contributed by atoms with Crippen LogP contribution in [-0.2, 0) is 19.6 Å². The number of anilines is 1. The van der Waals surface area contributed by atoms with Crippen molar-refractivity contribution in [3.8, 4) is 0 Å². The zero-order chi connectivity index (χ0) is 21.6. The van der Waals surface area contributed by atoms with Crippen molar-refractivity contribution in [2.45, 2.75) is 38.7 Å². The number of esters is 1. The van der Waals surface area contributed by atoms with Gasteiger partial charge in [0.25, 0.3) is 5.91 Å². The monoisotopic (exact) mass is 420 g/mol. The summed E-state index contributed by atoms with van der Waals surface area (Å²) in [5.41, 5.74) is 0.834. The molecule has 0 aliphatic rings. The van der Waals surface area contributed by atoms with Gasteiger partial charge < -0.3 is 10.1 Å². The first-order chi connectivity index (χ1) is 13.7. The minimum atomic E-state index is -3.68. The van der Waals surface area contributed by atoms with Crippen LogP contribution in [-0.4, -0.2) is 53.8 Å². The molecule has 1 heterocycles. The van der Waals surface area contributed by atoms with E-state index in [-0.39, 0.29) is 16.3 Å². The van der Waals surface area contributed by atoms with Crippen molar-refractivity contribution >= 4 is 27.6 Å². The van der Waals surface area contributed by atoms with E-state index in [0.29, 0.717) is 18.7 Å². The van der Waals surface area contributed by atoms with Gasteiger partial charge in [0.1, 0.15) is 0 Å². The van der Waals surface area contributed by atoms with Gasteiger partial charge in [0.05, 0.1) is 11.1 Å². The molecule has 1 amide bonds. The number of nitrogens with zero attached hydrogens (tertiary/aromatic N) is 3. The number of benzene rings is 1. The van der Waals surface area contributed by atoms with Crippen LogP contribution in [0.15, 0.2) is 41.7 Å². The van der Waals surface area contributed by atoms with E-state index >= 15 is 0 Å². The van der Waals surface area contributed by atoms with Crippen LogP contribution in [0, 0.1) is 6.92 Å². The maximum absolute atomic E-state index is 12.8. The van der Waals surface area contributed by atoms with Crippen LogP contribution in [0.3, 0.4) is 0 Å². The van der Waals surface area contributed by atoms with Gasteiger partial charge in [-0.3, -0.25) is 9.78 Å². The molecule has 1 aromatic heterocycles. The first-order valence-electron chi connectivity index (χ1n) is 9.09. The number of nitrogens with one attached hydrogen (secondary N) is 1. The molecule has 1 N–H and O–H groups in total. The first kappa shape index (κ1) is 22.4. The molecule has 156 valence electrons. The molecule has 0 unspecified atom stereocenters. The maximum atomic E-state index is 12.8. The van der Waals surface area contributed by atoms with Crippen molar-refractivity contribution in [2.75, 3.05) is 18.4 Å². The SMILES string of the molecule is CCN(CC)S(=O)(=O)c1cc(NC(=O)[C@@H](C)OC(=O)c2cnccn2)ccc1C. The second-order valence-corrected chi connectivity index (χ2v) is 8.10. The number of carbonyl (C=O) groups is 2. The van der Waals surface area contributed by atoms with Gasteiger partial charge in [-0.2, -0.15) is 4.31 Å². The normalized spacial score (nSPS) is 12.4. The lowest BCUT2D eigenvalue weighted by atomic mass is 10.2. The molecular formula is C19H24N4O5S. The highest BCUT2D eigenvalue weighted by molar-refractivity contribution is 7.89. The van der Waals surface area contributed by atoms with Crippen LogP contribution in [0.4, 0.5) is 5.69 Å². The minimum absolute atomic E-state index is 0.0184. The second kappa shape index (κ2) is 9.57. The number of hydrogen-bond donors (Lipinski definition) is 1. The Labute approximate surface area is 170 Å². The molecule has 0 aliphatic heterocycles. The molecule has 9 nitrogen and oxygen atoms in total. The number of carbonyl (C=O) groups excluding carboxylic acids is 2. The number of ether oxygens (including phenoxy) is 1. The summed E-state index contributed by atoms with van der Waals surface area (Å²) in [6.07, 6.45) is 2.87.